The molecule has 0 radical (unpaired) electrons. The van der Waals surface area contributed by atoms with E-state index in [4.69, 9.17) is 11.6 Å². The number of carbonyl (C=O) groups is 1. The molecule has 0 bridgehead atoms. The van der Waals surface area contributed by atoms with Gasteiger partial charge in [0.15, 0.2) is 0 Å². The third-order valence-electron chi connectivity index (χ3n) is 2.31. The van der Waals surface area contributed by atoms with Crippen molar-refractivity contribution in [3.8, 4) is 0 Å². The molecular weight excluding hydrogens is 299 g/mol. The molecule has 2 nitrogen and oxygen atoms in total. The molecule has 106 valence electrons. The standard InChI is InChI=1S/C12H13ClF3NOS/c1-11(2,7-13)10(18)17-8-5-3-4-6-9(8)19-12(14,15)16/h3-6H,7H2,1-2H3,(H,17,18). The number of nitrogens with one attached hydrogen (secondary N) is 1. The van der Waals surface area contributed by atoms with Gasteiger partial charge in [-0.1, -0.05) is 12.1 Å². The van der Waals surface area contributed by atoms with E-state index in [2.05, 4.69) is 5.32 Å². The van der Waals surface area contributed by atoms with E-state index in [9.17, 15) is 18.0 Å². The second-order valence-electron chi connectivity index (χ2n) is 4.52. The fourth-order valence-electron chi connectivity index (χ4n) is 1.14. The van der Waals surface area contributed by atoms with E-state index in [1.165, 1.54) is 18.2 Å². The highest BCUT2D eigenvalue weighted by Crippen LogP contribution is 2.40. The van der Waals surface area contributed by atoms with Gasteiger partial charge in [0, 0.05) is 10.8 Å². The van der Waals surface area contributed by atoms with Crippen LogP contribution in [0.1, 0.15) is 13.8 Å². The summed E-state index contributed by atoms with van der Waals surface area (Å²) < 4.78 is 37.2. The van der Waals surface area contributed by atoms with Crippen LogP contribution in [0.4, 0.5) is 18.9 Å². The lowest BCUT2D eigenvalue weighted by Crippen LogP contribution is -2.32. The Balaban J connectivity index is 2.93. The Labute approximate surface area is 118 Å². The van der Waals surface area contributed by atoms with Gasteiger partial charge in [-0.3, -0.25) is 4.79 Å². The number of anilines is 1. The van der Waals surface area contributed by atoms with Crippen molar-refractivity contribution in [2.24, 2.45) is 5.41 Å². The summed E-state index contributed by atoms with van der Waals surface area (Å²) in [6.07, 6.45) is 0. The highest BCUT2D eigenvalue weighted by molar-refractivity contribution is 8.00. The average Bonchev–Trinajstić information content (AvgIpc) is 2.29. The maximum absolute atomic E-state index is 12.4. The molecule has 0 unspecified atom stereocenters. The van der Waals surface area contributed by atoms with E-state index < -0.39 is 16.8 Å². The first-order chi connectivity index (χ1) is 8.65. The molecule has 0 aliphatic rings. The molecule has 0 spiro atoms. The van der Waals surface area contributed by atoms with Crippen molar-refractivity contribution >= 4 is 35.0 Å². The summed E-state index contributed by atoms with van der Waals surface area (Å²) in [5, 5.41) is 2.48. The normalized spacial score (nSPS) is 12.3. The predicted molar refractivity (Wildman–Crippen MR) is 71.5 cm³/mol. The molecule has 1 aromatic carbocycles. The number of amides is 1. The van der Waals surface area contributed by atoms with Crippen molar-refractivity contribution in [1.82, 2.24) is 0 Å². The van der Waals surface area contributed by atoms with Crippen molar-refractivity contribution in [1.29, 1.82) is 0 Å². The minimum Gasteiger partial charge on any atom is -0.325 e. The number of alkyl halides is 4. The van der Waals surface area contributed by atoms with Gasteiger partial charge >= 0.3 is 5.51 Å². The first-order valence-corrected chi connectivity index (χ1v) is 6.73. The van der Waals surface area contributed by atoms with Crippen LogP contribution in [-0.2, 0) is 4.79 Å². The third kappa shape index (κ3) is 4.95. The lowest BCUT2D eigenvalue weighted by Gasteiger charge is -2.21. The van der Waals surface area contributed by atoms with Crippen LogP contribution in [0.25, 0.3) is 0 Å². The molecule has 0 aliphatic heterocycles. The summed E-state index contributed by atoms with van der Waals surface area (Å²) >= 11 is 5.39. The first-order valence-electron chi connectivity index (χ1n) is 5.38. The van der Waals surface area contributed by atoms with Crippen molar-refractivity contribution in [2.45, 2.75) is 24.3 Å². The smallest absolute Gasteiger partial charge is 0.325 e. The molecule has 1 amide bonds. The van der Waals surface area contributed by atoms with Crippen molar-refractivity contribution in [2.75, 3.05) is 11.2 Å². The molecule has 19 heavy (non-hydrogen) atoms. The number of halogens is 4. The number of para-hydroxylation sites is 1. The maximum atomic E-state index is 12.4. The van der Waals surface area contributed by atoms with E-state index in [1.807, 2.05) is 0 Å². The lowest BCUT2D eigenvalue weighted by atomic mass is 9.95. The second-order valence-corrected chi connectivity index (χ2v) is 5.89. The summed E-state index contributed by atoms with van der Waals surface area (Å²) in [7, 11) is 0. The fraction of sp³-hybridized carbons (Fsp3) is 0.417. The van der Waals surface area contributed by atoms with Gasteiger partial charge in [-0.2, -0.15) is 13.2 Å². The van der Waals surface area contributed by atoms with Crippen LogP contribution < -0.4 is 5.32 Å². The molecule has 0 aliphatic carbocycles. The van der Waals surface area contributed by atoms with Crippen LogP contribution in [0, 0.1) is 5.41 Å². The van der Waals surface area contributed by atoms with E-state index in [0.717, 1.165) is 0 Å². The van der Waals surface area contributed by atoms with E-state index >= 15 is 0 Å². The van der Waals surface area contributed by atoms with Gasteiger partial charge < -0.3 is 5.32 Å². The minimum atomic E-state index is -4.40. The summed E-state index contributed by atoms with van der Waals surface area (Å²) in [4.78, 5) is 11.8. The van der Waals surface area contributed by atoms with Crippen molar-refractivity contribution < 1.29 is 18.0 Å². The monoisotopic (exact) mass is 311 g/mol. The van der Waals surface area contributed by atoms with Gasteiger partial charge in [-0.05, 0) is 37.7 Å². The molecule has 0 atom stereocenters. The van der Waals surface area contributed by atoms with Crippen LogP contribution in [0.5, 0.6) is 0 Å². The zero-order valence-corrected chi connectivity index (χ0v) is 11.9. The minimum absolute atomic E-state index is 0.0475. The largest absolute Gasteiger partial charge is 0.446 e. The zero-order chi connectivity index (χ0) is 14.7. The van der Waals surface area contributed by atoms with Gasteiger partial charge in [0.25, 0.3) is 0 Å². The Morgan fingerprint density at radius 2 is 1.89 bits per heavy atom. The number of hydrogen-bond donors (Lipinski definition) is 1. The number of hydrogen-bond acceptors (Lipinski definition) is 2. The molecule has 0 heterocycles. The Hall–Kier alpha value is -0.880. The molecule has 1 N–H and O–H groups in total. The van der Waals surface area contributed by atoms with Crippen LogP contribution in [0.15, 0.2) is 29.2 Å². The van der Waals surface area contributed by atoms with Gasteiger partial charge in [0.2, 0.25) is 5.91 Å². The van der Waals surface area contributed by atoms with Crippen LogP contribution >= 0.6 is 23.4 Å². The zero-order valence-electron chi connectivity index (χ0n) is 10.3. The molecule has 1 rings (SSSR count). The average molecular weight is 312 g/mol. The van der Waals surface area contributed by atoms with Crippen molar-refractivity contribution in [3.63, 3.8) is 0 Å². The Bertz CT molecular complexity index is 463. The van der Waals surface area contributed by atoms with E-state index in [-0.39, 0.29) is 28.2 Å². The number of rotatable bonds is 4. The Kier molecular flexibility index (Phi) is 5.15. The van der Waals surface area contributed by atoms with Gasteiger partial charge in [-0.25, -0.2) is 0 Å². The second kappa shape index (κ2) is 6.05. The van der Waals surface area contributed by atoms with Crippen molar-refractivity contribution in [3.05, 3.63) is 24.3 Å². The summed E-state index contributed by atoms with van der Waals surface area (Å²) in [6, 6.07) is 5.78. The summed E-state index contributed by atoms with van der Waals surface area (Å²) in [6.45, 7) is 3.24. The summed E-state index contributed by atoms with van der Waals surface area (Å²) in [5.41, 5.74) is -5.12. The van der Waals surface area contributed by atoms with Gasteiger partial charge in [0.05, 0.1) is 11.1 Å². The first kappa shape index (κ1) is 16.2. The molecule has 0 aromatic heterocycles. The topological polar surface area (TPSA) is 29.1 Å². The van der Waals surface area contributed by atoms with Crippen LogP contribution in [0.2, 0.25) is 0 Å². The molecule has 1 aromatic rings. The van der Waals surface area contributed by atoms with E-state index in [0.29, 0.717) is 0 Å². The predicted octanol–water partition coefficient (Wildman–Crippen LogP) is 4.50. The van der Waals surface area contributed by atoms with Crippen LogP contribution in [0.3, 0.4) is 0 Å². The quantitative estimate of drug-likeness (QED) is 0.655. The highest BCUT2D eigenvalue weighted by Gasteiger charge is 2.32. The summed E-state index contributed by atoms with van der Waals surface area (Å²) in [5.74, 6) is -0.342. The molecular formula is C12H13ClF3NOS. The maximum Gasteiger partial charge on any atom is 0.446 e. The third-order valence-corrected chi connectivity index (χ3v) is 3.79. The Morgan fingerprint density at radius 1 is 1.32 bits per heavy atom. The van der Waals surface area contributed by atoms with Crippen LogP contribution in [-0.4, -0.2) is 17.3 Å². The molecule has 7 heteroatoms. The molecule has 0 fully saturated rings. The number of thioether (sulfide) groups is 1. The lowest BCUT2D eigenvalue weighted by molar-refractivity contribution is -0.123. The fourth-order valence-corrected chi connectivity index (χ4v) is 1.88. The number of carbonyl (C=O) groups excluding carboxylic acids is 1. The van der Waals surface area contributed by atoms with Gasteiger partial charge in [-0.15, -0.1) is 11.6 Å². The molecule has 0 saturated carbocycles. The van der Waals surface area contributed by atoms with Gasteiger partial charge in [0.1, 0.15) is 0 Å². The van der Waals surface area contributed by atoms with E-state index in [1.54, 1.807) is 19.9 Å². The molecule has 0 saturated heterocycles. The SMILES string of the molecule is CC(C)(CCl)C(=O)Nc1ccccc1SC(F)(F)F. The highest BCUT2D eigenvalue weighted by atomic mass is 35.5. The Morgan fingerprint density at radius 3 is 2.42 bits per heavy atom. The number of benzene rings is 1.